The predicted molar refractivity (Wildman–Crippen MR) is 103 cm³/mol. The third-order valence-electron chi connectivity index (χ3n) is 5.26. The first kappa shape index (κ1) is 16.9. The molecule has 0 amide bonds. The van der Waals surface area contributed by atoms with Crippen molar-refractivity contribution in [2.45, 2.75) is 32.7 Å². The van der Waals surface area contributed by atoms with E-state index in [2.05, 4.69) is 39.9 Å². The number of anilines is 2. The lowest BCUT2D eigenvalue weighted by atomic mass is 9.99. The number of aromatic nitrogens is 2. The monoisotopic (exact) mass is 354 g/mol. The number of aryl methyl sites for hydroxylation is 1. The number of ether oxygens (including phenoxy) is 2. The number of hydrogen-bond acceptors (Lipinski definition) is 6. The number of benzene rings is 1. The summed E-state index contributed by atoms with van der Waals surface area (Å²) in [6.07, 6.45) is 3.43. The number of methoxy groups -OCH3 is 2. The van der Waals surface area contributed by atoms with Crippen molar-refractivity contribution in [1.29, 1.82) is 0 Å². The van der Waals surface area contributed by atoms with E-state index in [9.17, 15) is 0 Å². The van der Waals surface area contributed by atoms with Crippen LogP contribution in [0, 0.1) is 6.92 Å². The molecule has 0 bridgehead atoms. The van der Waals surface area contributed by atoms with Gasteiger partial charge in [-0.25, -0.2) is 4.98 Å². The Balaban J connectivity index is 1.62. The molecule has 0 atom stereocenters. The SMILES string of the molecule is COc1cc2c(cc1OC)CN(c1cc(C)nc(N3CCCC3)n1)CC2. The Morgan fingerprint density at radius 2 is 1.54 bits per heavy atom. The second kappa shape index (κ2) is 7.02. The van der Waals surface area contributed by atoms with Crippen LogP contribution in [0.3, 0.4) is 0 Å². The molecule has 2 aromatic rings. The van der Waals surface area contributed by atoms with E-state index < -0.39 is 0 Å². The molecule has 6 heteroatoms. The summed E-state index contributed by atoms with van der Waals surface area (Å²) in [5.74, 6) is 3.47. The van der Waals surface area contributed by atoms with Crippen molar-refractivity contribution >= 4 is 11.8 Å². The van der Waals surface area contributed by atoms with Crippen LogP contribution in [-0.2, 0) is 13.0 Å². The largest absolute Gasteiger partial charge is 0.493 e. The van der Waals surface area contributed by atoms with Crippen LogP contribution in [-0.4, -0.2) is 43.8 Å². The van der Waals surface area contributed by atoms with E-state index in [1.54, 1.807) is 14.2 Å². The van der Waals surface area contributed by atoms with Crippen molar-refractivity contribution in [2.24, 2.45) is 0 Å². The zero-order chi connectivity index (χ0) is 18.1. The summed E-state index contributed by atoms with van der Waals surface area (Å²) in [5.41, 5.74) is 3.62. The Hall–Kier alpha value is -2.50. The van der Waals surface area contributed by atoms with Crippen molar-refractivity contribution < 1.29 is 9.47 Å². The summed E-state index contributed by atoms with van der Waals surface area (Å²) in [5, 5.41) is 0. The Morgan fingerprint density at radius 1 is 0.846 bits per heavy atom. The predicted octanol–water partition coefficient (Wildman–Crippen LogP) is 2.97. The summed E-state index contributed by atoms with van der Waals surface area (Å²) >= 11 is 0. The molecular formula is C20H26N4O2. The minimum absolute atomic E-state index is 0.782. The molecule has 1 aromatic heterocycles. The minimum atomic E-state index is 0.782. The van der Waals surface area contributed by atoms with Crippen molar-refractivity contribution in [3.05, 3.63) is 35.0 Å². The Bertz CT molecular complexity index is 803. The van der Waals surface area contributed by atoms with Crippen LogP contribution in [0.2, 0.25) is 0 Å². The zero-order valence-electron chi connectivity index (χ0n) is 15.8. The van der Waals surface area contributed by atoms with Gasteiger partial charge in [-0.1, -0.05) is 0 Å². The van der Waals surface area contributed by atoms with E-state index in [0.717, 1.165) is 61.6 Å². The first-order valence-corrected chi connectivity index (χ1v) is 9.27. The normalized spacial score (nSPS) is 16.6. The number of nitrogens with zero attached hydrogens (tertiary/aromatic N) is 4. The lowest BCUT2D eigenvalue weighted by molar-refractivity contribution is 0.353. The fraction of sp³-hybridized carbons (Fsp3) is 0.500. The summed E-state index contributed by atoms with van der Waals surface area (Å²) in [7, 11) is 3.36. The van der Waals surface area contributed by atoms with Crippen LogP contribution in [0.5, 0.6) is 11.5 Å². The van der Waals surface area contributed by atoms with E-state index in [1.807, 2.05) is 0 Å². The van der Waals surface area contributed by atoms with Crippen molar-refractivity contribution in [3.8, 4) is 11.5 Å². The van der Waals surface area contributed by atoms with Gasteiger partial charge in [0.05, 0.1) is 14.2 Å². The van der Waals surface area contributed by atoms with Gasteiger partial charge in [0.15, 0.2) is 11.5 Å². The zero-order valence-corrected chi connectivity index (χ0v) is 15.8. The maximum Gasteiger partial charge on any atom is 0.227 e. The Morgan fingerprint density at radius 3 is 2.23 bits per heavy atom. The first-order chi connectivity index (χ1) is 12.7. The van der Waals surface area contributed by atoms with Gasteiger partial charge in [0.25, 0.3) is 0 Å². The van der Waals surface area contributed by atoms with Crippen molar-refractivity contribution in [2.75, 3.05) is 43.7 Å². The number of fused-ring (bicyclic) bond motifs is 1. The molecule has 1 aromatic carbocycles. The third-order valence-corrected chi connectivity index (χ3v) is 5.26. The van der Waals surface area contributed by atoms with Gasteiger partial charge >= 0.3 is 0 Å². The molecule has 26 heavy (non-hydrogen) atoms. The third kappa shape index (κ3) is 3.16. The molecule has 1 fully saturated rings. The molecule has 138 valence electrons. The first-order valence-electron chi connectivity index (χ1n) is 9.27. The molecule has 0 unspecified atom stereocenters. The van der Waals surface area contributed by atoms with Crippen molar-refractivity contribution in [1.82, 2.24) is 9.97 Å². The summed E-state index contributed by atoms with van der Waals surface area (Å²) in [6.45, 7) is 5.94. The highest BCUT2D eigenvalue weighted by Gasteiger charge is 2.22. The molecule has 0 saturated carbocycles. The van der Waals surface area contributed by atoms with Crippen LogP contribution in [0.1, 0.15) is 29.7 Å². The Kier molecular flexibility index (Phi) is 4.57. The summed E-state index contributed by atoms with van der Waals surface area (Å²) < 4.78 is 10.9. The molecule has 6 nitrogen and oxygen atoms in total. The molecule has 0 N–H and O–H groups in total. The number of rotatable bonds is 4. The van der Waals surface area contributed by atoms with Gasteiger partial charge in [-0.3, -0.25) is 0 Å². The molecule has 4 rings (SSSR count). The summed E-state index contributed by atoms with van der Waals surface area (Å²) in [6, 6.07) is 6.29. The molecule has 0 aliphatic carbocycles. The molecule has 1 saturated heterocycles. The second-order valence-corrected chi connectivity index (χ2v) is 7.01. The van der Waals surface area contributed by atoms with Gasteiger partial charge in [0.1, 0.15) is 5.82 Å². The lowest BCUT2D eigenvalue weighted by Crippen LogP contribution is -2.32. The average Bonchev–Trinajstić information content (AvgIpc) is 3.20. The topological polar surface area (TPSA) is 50.7 Å². The van der Waals surface area contributed by atoms with Crippen LogP contribution < -0.4 is 19.3 Å². The smallest absolute Gasteiger partial charge is 0.227 e. The fourth-order valence-electron chi connectivity index (χ4n) is 3.84. The minimum Gasteiger partial charge on any atom is -0.493 e. The lowest BCUT2D eigenvalue weighted by Gasteiger charge is -2.31. The van der Waals surface area contributed by atoms with E-state index in [0.29, 0.717) is 0 Å². The fourth-order valence-corrected chi connectivity index (χ4v) is 3.84. The van der Waals surface area contributed by atoms with E-state index in [1.165, 1.54) is 24.0 Å². The van der Waals surface area contributed by atoms with Crippen LogP contribution in [0.25, 0.3) is 0 Å². The van der Waals surface area contributed by atoms with Gasteiger partial charge in [-0.2, -0.15) is 4.98 Å². The molecule has 0 spiro atoms. The van der Waals surface area contributed by atoms with Crippen LogP contribution in [0.4, 0.5) is 11.8 Å². The molecule has 2 aliphatic rings. The Labute approximate surface area is 154 Å². The van der Waals surface area contributed by atoms with Crippen molar-refractivity contribution in [3.63, 3.8) is 0 Å². The maximum atomic E-state index is 5.47. The highest BCUT2D eigenvalue weighted by molar-refractivity contribution is 5.53. The molecular weight excluding hydrogens is 328 g/mol. The average molecular weight is 354 g/mol. The van der Waals surface area contributed by atoms with Gasteiger partial charge in [0.2, 0.25) is 5.95 Å². The van der Waals surface area contributed by atoms with E-state index in [4.69, 9.17) is 14.5 Å². The van der Waals surface area contributed by atoms with Crippen LogP contribution in [0.15, 0.2) is 18.2 Å². The van der Waals surface area contributed by atoms with E-state index in [-0.39, 0.29) is 0 Å². The molecule has 3 heterocycles. The summed E-state index contributed by atoms with van der Waals surface area (Å²) in [4.78, 5) is 14.2. The molecule has 2 aliphatic heterocycles. The quantitative estimate of drug-likeness (QED) is 0.841. The standard InChI is InChI=1S/C20H26N4O2/c1-14-10-19(22-20(21-14)23-7-4-5-8-23)24-9-6-15-11-17(25-2)18(26-3)12-16(15)13-24/h10-12H,4-9,13H2,1-3H3. The van der Waals surface area contributed by atoms with Gasteiger partial charge in [0, 0.05) is 37.9 Å². The van der Waals surface area contributed by atoms with Gasteiger partial charge in [-0.05, 0) is 49.4 Å². The highest BCUT2D eigenvalue weighted by atomic mass is 16.5. The van der Waals surface area contributed by atoms with Gasteiger partial charge in [-0.15, -0.1) is 0 Å². The van der Waals surface area contributed by atoms with Gasteiger partial charge < -0.3 is 19.3 Å². The van der Waals surface area contributed by atoms with E-state index >= 15 is 0 Å². The molecule has 0 radical (unpaired) electrons. The van der Waals surface area contributed by atoms with Crippen LogP contribution >= 0.6 is 0 Å². The maximum absolute atomic E-state index is 5.47. The highest BCUT2D eigenvalue weighted by Crippen LogP contribution is 2.34. The number of hydrogen-bond donors (Lipinski definition) is 0. The second-order valence-electron chi connectivity index (χ2n) is 7.01.